The molecule has 0 saturated carbocycles. The number of nitrogens with zero attached hydrogens (tertiary/aromatic N) is 1. The predicted octanol–water partition coefficient (Wildman–Crippen LogP) is 3.87. The number of hydrogen-bond donors (Lipinski definition) is 1. The van der Waals surface area contributed by atoms with Gasteiger partial charge < -0.3 is 19.2 Å². The lowest BCUT2D eigenvalue weighted by atomic mass is 10.1. The third-order valence-corrected chi connectivity index (χ3v) is 4.58. The average Bonchev–Trinajstić information content (AvgIpc) is 2.99. The van der Waals surface area contributed by atoms with Gasteiger partial charge in [-0.1, -0.05) is 6.07 Å². The van der Waals surface area contributed by atoms with Gasteiger partial charge in [-0.15, -0.1) is 0 Å². The zero-order valence-electron chi connectivity index (χ0n) is 15.6. The molecule has 1 fully saturated rings. The van der Waals surface area contributed by atoms with Crippen molar-refractivity contribution in [3.05, 3.63) is 35.7 Å². The van der Waals surface area contributed by atoms with E-state index in [9.17, 15) is 4.79 Å². The van der Waals surface area contributed by atoms with Crippen molar-refractivity contribution in [1.82, 2.24) is 4.98 Å². The number of carbonyl (C=O) groups excluding carboxylic acids is 1. The standard InChI is InChI=1S/C20H26N2O4/c1-13-14(2)26-20(21-13)16-7-6-8-17(11-16)22-19(23)15(3)25-12-18-9-4-5-10-24-18/h6-8,11,15,18H,4-5,9-10,12H2,1-3H3,(H,22,23)/t15-,18+/m0/s1. The van der Waals surface area contributed by atoms with Crippen molar-refractivity contribution in [3.8, 4) is 11.5 Å². The lowest BCUT2D eigenvalue weighted by molar-refractivity contribution is -0.130. The first-order chi connectivity index (χ1) is 12.5. The minimum atomic E-state index is -0.546. The van der Waals surface area contributed by atoms with Crippen molar-refractivity contribution in [1.29, 1.82) is 0 Å². The van der Waals surface area contributed by atoms with Crippen molar-refractivity contribution >= 4 is 11.6 Å². The number of aromatic nitrogens is 1. The van der Waals surface area contributed by atoms with Gasteiger partial charge in [0.1, 0.15) is 11.9 Å². The van der Waals surface area contributed by atoms with E-state index in [1.165, 1.54) is 0 Å². The molecule has 0 radical (unpaired) electrons. The first-order valence-corrected chi connectivity index (χ1v) is 9.11. The molecule has 1 aromatic carbocycles. The smallest absolute Gasteiger partial charge is 0.253 e. The molecule has 1 saturated heterocycles. The Bertz CT molecular complexity index is 731. The molecule has 6 heteroatoms. The van der Waals surface area contributed by atoms with Crippen molar-refractivity contribution in [2.45, 2.75) is 52.2 Å². The van der Waals surface area contributed by atoms with Gasteiger partial charge in [0.05, 0.1) is 18.4 Å². The fraction of sp³-hybridized carbons (Fsp3) is 0.500. The van der Waals surface area contributed by atoms with Crippen LogP contribution in [0.2, 0.25) is 0 Å². The Morgan fingerprint density at radius 3 is 2.92 bits per heavy atom. The topological polar surface area (TPSA) is 73.6 Å². The van der Waals surface area contributed by atoms with Crippen LogP contribution >= 0.6 is 0 Å². The highest BCUT2D eigenvalue weighted by Gasteiger charge is 2.19. The zero-order valence-corrected chi connectivity index (χ0v) is 15.6. The van der Waals surface area contributed by atoms with Gasteiger partial charge in [0, 0.05) is 17.9 Å². The molecular formula is C20H26N2O4. The molecule has 1 amide bonds. The van der Waals surface area contributed by atoms with Gasteiger partial charge in [-0.2, -0.15) is 0 Å². The fourth-order valence-corrected chi connectivity index (χ4v) is 2.84. The summed E-state index contributed by atoms with van der Waals surface area (Å²) in [5.41, 5.74) is 2.37. The second kappa shape index (κ2) is 8.47. The van der Waals surface area contributed by atoms with Crippen LogP contribution < -0.4 is 5.32 Å². The van der Waals surface area contributed by atoms with Gasteiger partial charge >= 0.3 is 0 Å². The largest absolute Gasteiger partial charge is 0.441 e. The molecule has 140 valence electrons. The van der Waals surface area contributed by atoms with Crippen molar-refractivity contribution in [3.63, 3.8) is 0 Å². The highest BCUT2D eigenvalue weighted by Crippen LogP contribution is 2.24. The summed E-state index contributed by atoms with van der Waals surface area (Å²) in [6.45, 7) is 6.77. The van der Waals surface area contributed by atoms with Crippen LogP contribution in [0.1, 0.15) is 37.6 Å². The molecule has 2 heterocycles. The van der Waals surface area contributed by atoms with E-state index in [-0.39, 0.29) is 12.0 Å². The molecule has 1 aromatic heterocycles. The first-order valence-electron chi connectivity index (χ1n) is 9.11. The molecular weight excluding hydrogens is 332 g/mol. The number of hydrogen-bond acceptors (Lipinski definition) is 5. The van der Waals surface area contributed by atoms with Crippen LogP contribution in [0.4, 0.5) is 5.69 Å². The predicted molar refractivity (Wildman–Crippen MR) is 99.0 cm³/mol. The number of rotatable bonds is 6. The van der Waals surface area contributed by atoms with Crippen LogP contribution in [-0.4, -0.2) is 36.3 Å². The number of anilines is 1. The van der Waals surface area contributed by atoms with Gasteiger partial charge in [0.25, 0.3) is 5.91 Å². The van der Waals surface area contributed by atoms with Crippen molar-refractivity contribution in [2.75, 3.05) is 18.5 Å². The van der Waals surface area contributed by atoms with E-state index in [4.69, 9.17) is 13.9 Å². The van der Waals surface area contributed by atoms with Crippen LogP contribution in [0.15, 0.2) is 28.7 Å². The van der Waals surface area contributed by atoms with Gasteiger partial charge in [-0.25, -0.2) is 4.98 Å². The van der Waals surface area contributed by atoms with E-state index in [2.05, 4.69) is 10.3 Å². The second-order valence-corrected chi connectivity index (χ2v) is 6.69. The quantitative estimate of drug-likeness (QED) is 0.848. The lowest BCUT2D eigenvalue weighted by Crippen LogP contribution is -2.32. The van der Waals surface area contributed by atoms with Gasteiger partial charge in [-0.05, 0) is 58.2 Å². The van der Waals surface area contributed by atoms with Crippen LogP contribution in [0.25, 0.3) is 11.5 Å². The Morgan fingerprint density at radius 2 is 2.23 bits per heavy atom. The molecule has 2 aromatic rings. The van der Waals surface area contributed by atoms with Crippen LogP contribution in [0, 0.1) is 13.8 Å². The van der Waals surface area contributed by atoms with E-state index in [0.717, 1.165) is 42.9 Å². The maximum Gasteiger partial charge on any atom is 0.253 e. The van der Waals surface area contributed by atoms with E-state index >= 15 is 0 Å². The Labute approximate surface area is 153 Å². The normalized spacial score (nSPS) is 18.5. The van der Waals surface area contributed by atoms with E-state index in [0.29, 0.717) is 18.2 Å². The van der Waals surface area contributed by atoms with Gasteiger partial charge in [-0.3, -0.25) is 4.79 Å². The minimum absolute atomic E-state index is 0.0961. The monoisotopic (exact) mass is 358 g/mol. The highest BCUT2D eigenvalue weighted by atomic mass is 16.5. The number of carbonyl (C=O) groups is 1. The molecule has 1 aliphatic heterocycles. The maximum atomic E-state index is 12.4. The number of oxazole rings is 1. The molecule has 26 heavy (non-hydrogen) atoms. The minimum Gasteiger partial charge on any atom is -0.441 e. The summed E-state index contributed by atoms with van der Waals surface area (Å²) in [5, 5.41) is 2.89. The van der Waals surface area contributed by atoms with Gasteiger partial charge in [0.2, 0.25) is 5.89 Å². The number of aryl methyl sites for hydroxylation is 2. The molecule has 0 spiro atoms. The third kappa shape index (κ3) is 4.71. The summed E-state index contributed by atoms with van der Waals surface area (Å²) < 4.78 is 17.0. The number of ether oxygens (including phenoxy) is 2. The number of nitrogens with one attached hydrogen (secondary N) is 1. The average molecular weight is 358 g/mol. The van der Waals surface area contributed by atoms with Crippen LogP contribution in [-0.2, 0) is 14.3 Å². The maximum absolute atomic E-state index is 12.4. The van der Waals surface area contributed by atoms with E-state index in [1.54, 1.807) is 6.92 Å². The molecule has 0 bridgehead atoms. The SMILES string of the molecule is Cc1nc(-c2cccc(NC(=O)[C@H](C)OC[C@H]3CCCCO3)c2)oc1C. The molecule has 3 rings (SSSR count). The highest BCUT2D eigenvalue weighted by molar-refractivity contribution is 5.94. The van der Waals surface area contributed by atoms with Gasteiger partial charge in [0.15, 0.2) is 0 Å². The number of amides is 1. The second-order valence-electron chi connectivity index (χ2n) is 6.69. The molecule has 0 unspecified atom stereocenters. The van der Waals surface area contributed by atoms with Crippen molar-refractivity contribution in [2.24, 2.45) is 0 Å². The summed E-state index contributed by atoms with van der Waals surface area (Å²) in [4.78, 5) is 16.8. The molecule has 2 atom stereocenters. The summed E-state index contributed by atoms with van der Waals surface area (Å²) in [7, 11) is 0. The Balaban J connectivity index is 1.57. The lowest BCUT2D eigenvalue weighted by Gasteiger charge is -2.23. The summed E-state index contributed by atoms with van der Waals surface area (Å²) >= 11 is 0. The molecule has 1 aliphatic rings. The first kappa shape index (κ1) is 18.6. The molecule has 6 nitrogen and oxygen atoms in total. The van der Waals surface area contributed by atoms with Crippen LogP contribution in [0.3, 0.4) is 0 Å². The zero-order chi connectivity index (χ0) is 18.5. The third-order valence-electron chi connectivity index (χ3n) is 4.58. The summed E-state index contributed by atoms with van der Waals surface area (Å²) in [6, 6.07) is 7.45. The number of benzene rings is 1. The summed E-state index contributed by atoms with van der Waals surface area (Å²) in [6.07, 6.45) is 2.80. The molecule has 1 N–H and O–H groups in total. The fourth-order valence-electron chi connectivity index (χ4n) is 2.84. The van der Waals surface area contributed by atoms with Crippen LogP contribution in [0.5, 0.6) is 0 Å². The van der Waals surface area contributed by atoms with Crippen molar-refractivity contribution < 1.29 is 18.7 Å². The Hall–Kier alpha value is -2.18. The van der Waals surface area contributed by atoms with E-state index in [1.807, 2.05) is 38.1 Å². The molecule has 0 aliphatic carbocycles. The summed E-state index contributed by atoms with van der Waals surface area (Å²) in [5.74, 6) is 1.16. The Kier molecular flexibility index (Phi) is 6.06. The Morgan fingerprint density at radius 1 is 1.38 bits per heavy atom. The van der Waals surface area contributed by atoms with E-state index < -0.39 is 6.10 Å².